The normalized spacial score (nSPS) is 17.5. The fourth-order valence-corrected chi connectivity index (χ4v) is 3.33. The molecule has 1 unspecified atom stereocenters. The topological polar surface area (TPSA) is 67.1 Å². The molecule has 0 amide bonds. The van der Waals surface area contributed by atoms with Gasteiger partial charge in [-0.25, -0.2) is 4.98 Å². The Morgan fingerprint density at radius 2 is 2.00 bits per heavy atom. The number of nitrogens with one attached hydrogen (secondary N) is 1. The maximum Gasteiger partial charge on any atom is 0.241 e. The van der Waals surface area contributed by atoms with Crippen LogP contribution in [0.3, 0.4) is 0 Å². The Morgan fingerprint density at radius 3 is 2.85 bits per heavy atom. The lowest BCUT2D eigenvalue weighted by atomic mass is 10.1. The number of pyridine rings is 1. The number of benzene rings is 1. The monoisotopic (exact) mass is 349 g/mol. The molecule has 0 saturated carbocycles. The summed E-state index contributed by atoms with van der Waals surface area (Å²) in [5, 5.41) is 7.55. The van der Waals surface area contributed by atoms with Crippen LogP contribution in [0, 0.1) is 12.8 Å². The molecule has 1 saturated heterocycles. The fourth-order valence-electron chi connectivity index (χ4n) is 3.33. The molecule has 26 heavy (non-hydrogen) atoms. The zero-order chi connectivity index (χ0) is 17.8. The van der Waals surface area contributed by atoms with E-state index >= 15 is 0 Å². The van der Waals surface area contributed by atoms with Gasteiger partial charge in [0.1, 0.15) is 5.82 Å². The first-order chi connectivity index (χ1) is 12.8. The molecule has 4 rings (SSSR count). The molecule has 134 valence electrons. The maximum atomic E-state index is 5.43. The molecule has 6 heteroatoms. The predicted octanol–water partition coefficient (Wildman–Crippen LogP) is 3.37. The van der Waals surface area contributed by atoms with Crippen LogP contribution in [0.4, 0.5) is 5.82 Å². The molecular weight excluding hydrogens is 326 g/mol. The van der Waals surface area contributed by atoms with E-state index in [0.29, 0.717) is 24.2 Å². The number of aryl methyl sites for hydroxylation is 1. The van der Waals surface area contributed by atoms with Gasteiger partial charge in [-0.1, -0.05) is 41.6 Å². The van der Waals surface area contributed by atoms with Crippen LogP contribution < -0.4 is 5.32 Å². The number of nitrogens with zero attached hydrogens (tertiary/aromatic N) is 4. The molecule has 0 radical (unpaired) electrons. The van der Waals surface area contributed by atoms with Gasteiger partial charge >= 0.3 is 0 Å². The van der Waals surface area contributed by atoms with Crippen molar-refractivity contribution in [2.45, 2.75) is 19.9 Å². The predicted molar refractivity (Wildman–Crippen MR) is 101 cm³/mol. The van der Waals surface area contributed by atoms with Gasteiger partial charge in [-0.05, 0) is 37.9 Å². The third-order valence-electron chi connectivity index (χ3n) is 4.69. The zero-order valence-corrected chi connectivity index (χ0v) is 14.9. The summed E-state index contributed by atoms with van der Waals surface area (Å²) in [5.74, 6) is 2.89. The quantitative estimate of drug-likeness (QED) is 0.736. The highest BCUT2D eigenvalue weighted by Crippen LogP contribution is 2.20. The van der Waals surface area contributed by atoms with Crippen molar-refractivity contribution in [3.05, 3.63) is 60.1 Å². The van der Waals surface area contributed by atoms with Crippen molar-refractivity contribution in [2.24, 2.45) is 5.92 Å². The number of rotatable bonds is 6. The number of hydrogen-bond donors (Lipinski definition) is 1. The average Bonchev–Trinajstić information content (AvgIpc) is 3.31. The fraction of sp³-hybridized carbons (Fsp3) is 0.350. The lowest BCUT2D eigenvalue weighted by molar-refractivity contribution is 0.261. The molecule has 0 spiro atoms. The van der Waals surface area contributed by atoms with Crippen LogP contribution in [-0.4, -0.2) is 39.7 Å². The molecular formula is C20H23N5O. The first-order valence-electron chi connectivity index (χ1n) is 9.04. The number of anilines is 1. The van der Waals surface area contributed by atoms with Gasteiger partial charge in [0.15, 0.2) is 0 Å². The molecule has 1 atom stereocenters. The van der Waals surface area contributed by atoms with Gasteiger partial charge in [0.25, 0.3) is 0 Å². The Labute approximate surface area is 153 Å². The average molecular weight is 349 g/mol. The van der Waals surface area contributed by atoms with Crippen LogP contribution in [0.5, 0.6) is 0 Å². The summed E-state index contributed by atoms with van der Waals surface area (Å²) in [6, 6.07) is 16.0. The van der Waals surface area contributed by atoms with E-state index in [9.17, 15) is 0 Å². The van der Waals surface area contributed by atoms with Crippen molar-refractivity contribution in [1.82, 2.24) is 20.0 Å². The minimum atomic E-state index is 0.605. The second-order valence-corrected chi connectivity index (χ2v) is 6.81. The Balaban J connectivity index is 1.29. The molecule has 1 fully saturated rings. The van der Waals surface area contributed by atoms with Crippen molar-refractivity contribution >= 4 is 5.82 Å². The number of hydrogen-bond acceptors (Lipinski definition) is 6. The van der Waals surface area contributed by atoms with Gasteiger partial charge in [0.05, 0.1) is 6.54 Å². The summed E-state index contributed by atoms with van der Waals surface area (Å²) in [5.41, 5.74) is 2.02. The van der Waals surface area contributed by atoms with Crippen molar-refractivity contribution in [3.63, 3.8) is 0 Å². The van der Waals surface area contributed by atoms with Crippen LogP contribution in [0.25, 0.3) is 11.4 Å². The van der Waals surface area contributed by atoms with Crippen molar-refractivity contribution in [3.8, 4) is 11.4 Å². The van der Waals surface area contributed by atoms with E-state index in [4.69, 9.17) is 4.52 Å². The number of aromatic nitrogens is 3. The van der Waals surface area contributed by atoms with E-state index in [-0.39, 0.29) is 0 Å². The lowest BCUT2D eigenvalue weighted by Gasteiger charge is -2.14. The summed E-state index contributed by atoms with van der Waals surface area (Å²) < 4.78 is 5.43. The highest BCUT2D eigenvalue weighted by Gasteiger charge is 2.24. The second-order valence-electron chi connectivity index (χ2n) is 6.81. The second kappa shape index (κ2) is 7.66. The minimum absolute atomic E-state index is 0.605. The zero-order valence-electron chi connectivity index (χ0n) is 14.9. The largest absolute Gasteiger partial charge is 0.370 e. The van der Waals surface area contributed by atoms with E-state index < -0.39 is 0 Å². The molecule has 0 aliphatic carbocycles. The van der Waals surface area contributed by atoms with Crippen molar-refractivity contribution in [1.29, 1.82) is 0 Å². The summed E-state index contributed by atoms with van der Waals surface area (Å²) in [6.07, 6.45) is 1.17. The van der Waals surface area contributed by atoms with Crippen molar-refractivity contribution in [2.75, 3.05) is 25.0 Å². The van der Waals surface area contributed by atoms with E-state index in [1.165, 1.54) is 6.42 Å². The van der Waals surface area contributed by atoms with E-state index in [0.717, 1.165) is 36.7 Å². The summed E-state index contributed by atoms with van der Waals surface area (Å²) in [7, 11) is 0. The van der Waals surface area contributed by atoms with Crippen LogP contribution in [0.15, 0.2) is 53.1 Å². The third-order valence-corrected chi connectivity index (χ3v) is 4.69. The molecule has 2 aromatic heterocycles. The van der Waals surface area contributed by atoms with Gasteiger partial charge in [-0.2, -0.15) is 4.98 Å². The highest BCUT2D eigenvalue weighted by molar-refractivity contribution is 5.53. The summed E-state index contributed by atoms with van der Waals surface area (Å²) >= 11 is 0. The van der Waals surface area contributed by atoms with Gasteiger partial charge in [-0.3, -0.25) is 4.90 Å². The first kappa shape index (κ1) is 16.7. The van der Waals surface area contributed by atoms with Gasteiger partial charge in [0, 0.05) is 24.3 Å². The molecule has 6 nitrogen and oxygen atoms in total. The maximum absolute atomic E-state index is 5.43. The van der Waals surface area contributed by atoms with E-state index in [1.54, 1.807) is 0 Å². The van der Waals surface area contributed by atoms with Crippen LogP contribution in [-0.2, 0) is 6.54 Å². The van der Waals surface area contributed by atoms with Gasteiger partial charge < -0.3 is 9.84 Å². The minimum Gasteiger partial charge on any atom is -0.370 e. The molecule has 1 aliphatic heterocycles. The molecule has 3 heterocycles. The number of likely N-dealkylation sites (tertiary alicyclic amines) is 1. The highest BCUT2D eigenvalue weighted by atomic mass is 16.5. The Bertz CT molecular complexity index is 848. The third kappa shape index (κ3) is 4.08. The Morgan fingerprint density at radius 1 is 1.12 bits per heavy atom. The molecule has 0 bridgehead atoms. The Kier molecular flexibility index (Phi) is 4.93. The van der Waals surface area contributed by atoms with E-state index in [2.05, 4.69) is 25.3 Å². The standard InChI is InChI=1S/C20H23N5O/c1-15-6-5-9-18(22-15)21-12-16-10-11-25(13-16)14-19-23-20(24-26-19)17-7-3-2-4-8-17/h2-9,16H,10-14H2,1H3,(H,21,22). The SMILES string of the molecule is Cc1cccc(NCC2CCN(Cc3nc(-c4ccccc4)no3)C2)n1. The molecule has 1 aromatic carbocycles. The lowest BCUT2D eigenvalue weighted by Crippen LogP contribution is -2.23. The summed E-state index contributed by atoms with van der Waals surface area (Å²) in [6.45, 7) is 5.74. The van der Waals surface area contributed by atoms with Gasteiger partial charge in [0.2, 0.25) is 11.7 Å². The first-order valence-corrected chi connectivity index (χ1v) is 9.04. The van der Waals surface area contributed by atoms with Gasteiger partial charge in [-0.15, -0.1) is 0 Å². The molecule has 1 aliphatic rings. The van der Waals surface area contributed by atoms with Crippen molar-refractivity contribution < 1.29 is 4.52 Å². The van der Waals surface area contributed by atoms with E-state index in [1.807, 2.05) is 55.5 Å². The van der Waals surface area contributed by atoms with Crippen LogP contribution >= 0.6 is 0 Å². The van der Waals surface area contributed by atoms with Crippen LogP contribution in [0.1, 0.15) is 18.0 Å². The summed E-state index contributed by atoms with van der Waals surface area (Å²) in [4.78, 5) is 11.4. The molecule has 1 N–H and O–H groups in total. The van der Waals surface area contributed by atoms with Crippen LogP contribution in [0.2, 0.25) is 0 Å². The smallest absolute Gasteiger partial charge is 0.241 e. The molecule has 3 aromatic rings. The Hall–Kier alpha value is -2.73.